The molecule has 0 spiro atoms. The number of nitrogens with zero attached hydrogens (tertiary/aromatic N) is 1. The van der Waals surface area contributed by atoms with E-state index in [1.165, 1.54) is 9.87 Å². The molecule has 0 radical (unpaired) electrons. The molecule has 3 aromatic carbocycles. The van der Waals surface area contributed by atoms with E-state index in [1.807, 2.05) is 74.5 Å². The van der Waals surface area contributed by atoms with Gasteiger partial charge in [-0.25, -0.2) is 12.7 Å². The summed E-state index contributed by atoms with van der Waals surface area (Å²) in [6, 6.07) is 22.9. The highest BCUT2D eigenvalue weighted by molar-refractivity contribution is 8.03. The standard InChI is InChI=1S/C23H21NO2S2/c1-17-7-11-19(12-8-17)13-16-23-24(21-5-3-4-6-22(21)27-23)28(25,26)20-14-9-18(2)10-15-20/h3-16,23H,1-2H3/b16-13+. The fourth-order valence-corrected chi connectivity index (χ4v) is 6.20. The van der Waals surface area contributed by atoms with Crippen molar-refractivity contribution in [3.8, 4) is 0 Å². The smallest absolute Gasteiger partial charge is 0.248 e. The van der Waals surface area contributed by atoms with Crippen molar-refractivity contribution >= 4 is 33.5 Å². The molecular weight excluding hydrogens is 386 g/mol. The van der Waals surface area contributed by atoms with Gasteiger partial charge in [0.25, 0.3) is 10.0 Å². The molecule has 0 saturated carbocycles. The third-order valence-corrected chi connectivity index (χ3v) is 7.84. The molecular formula is C23H21NO2S2. The zero-order valence-corrected chi connectivity index (χ0v) is 17.4. The van der Waals surface area contributed by atoms with Gasteiger partial charge in [-0.2, -0.15) is 0 Å². The van der Waals surface area contributed by atoms with Gasteiger partial charge in [-0.15, -0.1) is 0 Å². The molecule has 5 heteroatoms. The summed E-state index contributed by atoms with van der Waals surface area (Å²) in [6.45, 7) is 4.00. The number of hydrogen-bond donors (Lipinski definition) is 0. The Labute approximate surface area is 170 Å². The molecule has 0 saturated heterocycles. The SMILES string of the molecule is Cc1ccc(/C=C/C2Sc3ccccc3N2S(=O)(=O)c2ccc(C)cc2)cc1. The molecule has 0 fully saturated rings. The topological polar surface area (TPSA) is 37.4 Å². The van der Waals surface area contributed by atoms with Gasteiger partial charge in [-0.1, -0.05) is 77.5 Å². The summed E-state index contributed by atoms with van der Waals surface area (Å²) in [6.07, 6.45) is 3.95. The first-order valence-electron chi connectivity index (χ1n) is 9.07. The maximum absolute atomic E-state index is 13.5. The maximum Gasteiger partial charge on any atom is 0.265 e. The predicted octanol–water partition coefficient (Wildman–Crippen LogP) is 5.64. The van der Waals surface area contributed by atoms with Gasteiger partial charge in [0, 0.05) is 4.90 Å². The third kappa shape index (κ3) is 3.60. The van der Waals surface area contributed by atoms with E-state index in [2.05, 4.69) is 12.1 Å². The second kappa shape index (κ2) is 7.49. The minimum absolute atomic E-state index is 0.309. The molecule has 1 unspecified atom stereocenters. The van der Waals surface area contributed by atoms with Gasteiger partial charge in [0.05, 0.1) is 10.6 Å². The molecule has 1 aliphatic heterocycles. The van der Waals surface area contributed by atoms with Crippen molar-refractivity contribution in [2.24, 2.45) is 0 Å². The summed E-state index contributed by atoms with van der Waals surface area (Å²) >= 11 is 1.55. The molecule has 1 aliphatic rings. The lowest BCUT2D eigenvalue weighted by molar-refractivity contribution is 0.592. The second-order valence-electron chi connectivity index (χ2n) is 6.86. The van der Waals surface area contributed by atoms with Crippen molar-refractivity contribution in [3.63, 3.8) is 0 Å². The number of anilines is 1. The molecule has 1 heterocycles. The monoisotopic (exact) mass is 407 g/mol. The summed E-state index contributed by atoms with van der Waals surface area (Å²) < 4.78 is 28.4. The number of benzene rings is 3. The lowest BCUT2D eigenvalue weighted by Gasteiger charge is -2.24. The van der Waals surface area contributed by atoms with Crippen LogP contribution in [0.25, 0.3) is 6.08 Å². The van der Waals surface area contributed by atoms with Crippen LogP contribution in [-0.4, -0.2) is 13.8 Å². The molecule has 0 N–H and O–H groups in total. The van der Waals surface area contributed by atoms with Crippen LogP contribution in [0.15, 0.2) is 88.7 Å². The van der Waals surface area contributed by atoms with E-state index in [1.54, 1.807) is 23.9 Å². The molecule has 28 heavy (non-hydrogen) atoms. The van der Waals surface area contributed by atoms with E-state index in [9.17, 15) is 8.42 Å². The Morgan fingerprint density at radius 3 is 2.14 bits per heavy atom. The summed E-state index contributed by atoms with van der Waals surface area (Å²) in [5, 5.41) is -0.329. The van der Waals surface area contributed by atoms with Gasteiger partial charge in [0.15, 0.2) is 0 Å². The number of para-hydroxylation sites is 1. The quantitative estimate of drug-likeness (QED) is 0.561. The fourth-order valence-electron chi connectivity index (χ4n) is 3.13. The van der Waals surface area contributed by atoms with Crippen molar-refractivity contribution in [1.82, 2.24) is 0 Å². The van der Waals surface area contributed by atoms with E-state index in [-0.39, 0.29) is 5.37 Å². The number of sulfonamides is 1. The van der Waals surface area contributed by atoms with Crippen LogP contribution in [0.2, 0.25) is 0 Å². The predicted molar refractivity (Wildman–Crippen MR) is 117 cm³/mol. The van der Waals surface area contributed by atoms with Crippen LogP contribution in [0, 0.1) is 13.8 Å². The number of hydrogen-bond acceptors (Lipinski definition) is 3. The summed E-state index contributed by atoms with van der Waals surface area (Å²) in [7, 11) is -3.67. The zero-order chi connectivity index (χ0) is 19.7. The first-order chi connectivity index (χ1) is 13.4. The Balaban J connectivity index is 1.74. The lowest BCUT2D eigenvalue weighted by Crippen LogP contribution is -2.34. The fraction of sp³-hybridized carbons (Fsp3) is 0.130. The summed E-state index contributed by atoms with van der Waals surface area (Å²) in [4.78, 5) is 1.28. The highest BCUT2D eigenvalue weighted by Gasteiger charge is 2.37. The van der Waals surface area contributed by atoms with E-state index < -0.39 is 10.0 Å². The van der Waals surface area contributed by atoms with Crippen molar-refractivity contribution in [3.05, 3.63) is 95.6 Å². The molecule has 3 aromatic rings. The average Bonchev–Trinajstić information content (AvgIpc) is 3.07. The largest absolute Gasteiger partial charge is 0.265 e. The van der Waals surface area contributed by atoms with Crippen LogP contribution < -0.4 is 4.31 Å². The lowest BCUT2D eigenvalue weighted by atomic mass is 10.1. The average molecular weight is 408 g/mol. The molecule has 3 nitrogen and oxygen atoms in total. The Hall–Kier alpha value is -2.50. The van der Waals surface area contributed by atoms with Crippen molar-refractivity contribution in [2.45, 2.75) is 29.0 Å². The van der Waals surface area contributed by atoms with E-state index in [4.69, 9.17) is 0 Å². The number of fused-ring (bicyclic) bond motifs is 1. The number of rotatable bonds is 4. The van der Waals surface area contributed by atoms with Gasteiger partial charge in [0.2, 0.25) is 0 Å². The Morgan fingerprint density at radius 2 is 1.46 bits per heavy atom. The molecule has 142 valence electrons. The Morgan fingerprint density at radius 1 is 0.857 bits per heavy atom. The first-order valence-corrected chi connectivity index (χ1v) is 11.4. The first kappa shape index (κ1) is 18.8. The molecule has 0 bridgehead atoms. The van der Waals surface area contributed by atoms with Gasteiger partial charge in [-0.3, -0.25) is 0 Å². The van der Waals surface area contributed by atoms with Crippen LogP contribution in [0.5, 0.6) is 0 Å². The van der Waals surface area contributed by atoms with E-state index in [0.29, 0.717) is 4.90 Å². The summed E-state index contributed by atoms with van der Waals surface area (Å²) in [5.74, 6) is 0. The Kier molecular flexibility index (Phi) is 5.04. The van der Waals surface area contributed by atoms with Gasteiger partial charge < -0.3 is 0 Å². The van der Waals surface area contributed by atoms with Crippen LogP contribution in [-0.2, 0) is 10.0 Å². The maximum atomic E-state index is 13.5. The highest BCUT2D eigenvalue weighted by atomic mass is 32.2. The highest BCUT2D eigenvalue weighted by Crippen LogP contribution is 2.46. The minimum atomic E-state index is -3.67. The summed E-state index contributed by atoms with van der Waals surface area (Å²) in [5.41, 5.74) is 4.01. The van der Waals surface area contributed by atoms with Crippen molar-refractivity contribution < 1.29 is 8.42 Å². The van der Waals surface area contributed by atoms with E-state index >= 15 is 0 Å². The normalized spacial score (nSPS) is 16.5. The molecule has 0 aliphatic carbocycles. The third-order valence-electron chi connectivity index (χ3n) is 4.69. The number of thioether (sulfide) groups is 1. The van der Waals surface area contributed by atoms with Gasteiger partial charge >= 0.3 is 0 Å². The van der Waals surface area contributed by atoms with Crippen LogP contribution in [0.4, 0.5) is 5.69 Å². The van der Waals surface area contributed by atoms with Crippen LogP contribution in [0.1, 0.15) is 16.7 Å². The molecule has 0 aromatic heterocycles. The second-order valence-corrected chi connectivity index (χ2v) is 9.83. The van der Waals surface area contributed by atoms with Gasteiger partial charge in [-0.05, 0) is 49.8 Å². The molecule has 4 rings (SSSR count). The Bertz CT molecular complexity index is 1120. The molecule has 1 atom stereocenters. The van der Waals surface area contributed by atoms with Gasteiger partial charge in [0.1, 0.15) is 5.37 Å². The van der Waals surface area contributed by atoms with E-state index in [0.717, 1.165) is 21.7 Å². The minimum Gasteiger partial charge on any atom is -0.248 e. The van der Waals surface area contributed by atoms with Crippen LogP contribution in [0.3, 0.4) is 0 Å². The molecule has 0 amide bonds. The van der Waals surface area contributed by atoms with Crippen molar-refractivity contribution in [2.75, 3.05) is 4.31 Å². The van der Waals surface area contributed by atoms with Crippen molar-refractivity contribution in [1.29, 1.82) is 0 Å². The zero-order valence-electron chi connectivity index (χ0n) is 15.7. The number of aryl methyl sites for hydroxylation is 2. The van der Waals surface area contributed by atoms with Crippen LogP contribution >= 0.6 is 11.8 Å².